The van der Waals surface area contributed by atoms with Crippen LogP contribution < -0.4 is 15.5 Å². The minimum Gasteiger partial charge on any atom is -0.495 e. The summed E-state index contributed by atoms with van der Waals surface area (Å²) in [7, 11) is 1.60. The lowest BCUT2D eigenvalue weighted by Crippen LogP contribution is -2.24. The Bertz CT molecular complexity index is 954. The van der Waals surface area contributed by atoms with Gasteiger partial charge in [0.2, 0.25) is 0 Å². The van der Waals surface area contributed by atoms with E-state index in [9.17, 15) is 4.39 Å². The standard InChI is InChI=1S/C20H19FN4OS/c1-26-19-11-5-4-10-18(19)23-20(27)24-22-13-16-8-6-12-25(16)14-15-7-2-3-9-17(15)21/h2-13H,14H2,1H3,(H2,23,24,27)/b22-13-. The van der Waals surface area contributed by atoms with E-state index in [0.717, 1.165) is 11.4 Å². The topological polar surface area (TPSA) is 50.6 Å². The van der Waals surface area contributed by atoms with Crippen LogP contribution in [0.3, 0.4) is 0 Å². The number of nitrogens with zero attached hydrogens (tertiary/aromatic N) is 2. The lowest BCUT2D eigenvalue weighted by atomic mass is 10.2. The number of benzene rings is 2. The minimum atomic E-state index is -0.227. The Labute approximate surface area is 162 Å². The lowest BCUT2D eigenvalue weighted by Gasteiger charge is -2.11. The fraction of sp³-hybridized carbons (Fsp3) is 0.100. The highest BCUT2D eigenvalue weighted by Crippen LogP contribution is 2.22. The Kier molecular flexibility index (Phi) is 6.17. The minimum absolute atomic E-state index is 0.227. The van der Waals surface area contributed by atoms with Crippen LogP contribution in [0.5, 0.6) is 5.75 Å². The molecule has 0 saturated carbocycles. The van der Waals surface area contributed by atoms with Crippen LogP contribution in [0.1, 0.15) is 11.3 Å². The van der Waals surface area contributed by atoms with Gasteiger partial charge in [-0.3, -0.25) is 5.43 Å². The molecule has 0 bridgehead atoms. The molecular weight excluding hydrogens is 363 g/mol. The first kappa shape index (κ1) is 18.6. The van der Waals surface area contributed by atoms with Crippen molar-refractivity contribution in [2.24, 2.45) is 5.10 Å². The second-order valence-corrected chi connectivity index (χ2v) is 6.09. The first-order valence-corrected chi connectivity index (χ1v) is 8.70. The molecule has 138 valence electrons. The van der Waals surface area contributed by atoms with Gasteiger partial charge in [-0.05, 0) is 42.5 Å². The largest absolute Gasteiger partial charge is 0.495 e. The van der Waals surface area contributed by atoms with Crippen molar-refractivity contribution in [1.29, 1.82) is 0 Å². The molecule has 1 heterocycles. The van der Waals surface area contributed by atoms with Crippen LogP contribution in [0.25, 0.3) is 0 Å². The van der Waals surface area contributed by atoms with Gasteiger partial charge in [-0.15, -0.1) is 0 Å². The summed E-state index contributed by atoms with van der Waals surface area (Å²) in [6, 6.07) is 17.9. The maximum atomic E-state index is 13.8. The third-order valence-corrected chi connectivity index (χ3v) is 4.07. The molecule has 5 nitrogen and oxygen atoms in total. The molecule has 0 aliphatic heterocycles. The molecule has 0 fully saturated rings. The number of aromatic nitrogens is 1. The molecule has 2 N–H and O–H groups in total. The number of ether oxygens (including phenoxy) is 1. The second kappa shape index (κ2) is 8.95. The van der Waals surface area contributed by atoms with Gasteiger partial charge in [0.05, 0.1) is 31.3 Å². The third kappa shape index (κ3) is 4.92. The number of thiocarbonyl (C=S) groups is 1. The molecule has 0 atom stereocenters. The fourth-order valence-electron chi connectivity index (χ4n) is 2.55. The number of hydrogen-bond donors (Lipinski definition) is 2. The summed E-state index contributed by atoms with van der Waals surface area (Å²) in [5.41, 5.74) is 4.96. The van der Waals surface area contributed by atoms with Crippen molar-refractivity contribution in [3.63, 3.8) is 0 Å². The molecular formula is C20H19FN4OS. The number of para-hydroxylation sites is 2. The summed E-state index contributed by atoms with van der Waals surface area (Å²) in [5, 5.41) is 7.52. The van der Waals surface area contributed by atoms with E-state index in [4.69, 9.17) is 17.0 Å². The zero-order chi connectivity index (χ0) is 19.1. The summed E-state index contributed by atoms with van der Waals surface area (Å²) in [6.45, 7) is 0.422. The molecule has 0 aliphatic carbocycles. The van der Waals surface area contributed by atoms with E-state index in [1.165, 1.54) is 6.07 Å². The first-order valence-electron chi connectivity index (χ1n) is 8.29. The number of anilines is 1. The van der Waals surface area contributed by atoms with Gasteiger partial charge >= 0.3 is 0 Å². The molecule has 0 spiro atoms. The van der Waals surface area contributed by atoms with E-state index in [0.29, 0.717) is 23.0 Å². The third-order valence-electron chi connectivity index (χ3n) is 3.88. The Hall–Kier alpha value is -3.19. The molecule has 1 aromatic heterocycles. The predicted molar refractivity (Wildman–Crippen MR) is 110 cm³/mol. The number of hydrazone groups is 1. The molecule has 2 aromatic carbocycles. The van der Waals surface area contributed by atoms with Crippen molar-refractivity contribution < 1.29 is 9.13 Å². The Morgan fingerprint density at radius 2 is 1.93 bits per heavy atom. The number of methoxy groups -OCH3 is 1. The number of hydrogen-bond acceptors (Lipinski definition) is 3. The van der Waals surface area contributed by atoms with E-state index < -0.39 is 0 Å². The van der Waals surface area contributed by atoms with Gasteiger partial charge in [-0.25, -0.2) is 4.39 Å². The molecule has 0 amide bonds. The van der Waals surface area contributed by atoms with Crippen LogP contribution in [0.2, 0.25) is 0 Å². The molecule has 0 unspecified atom stereocenters. The molecule has 27 heavy (non-hydrogen) atoms. The quantitative estimate of drug-likeness (QED) is 0.384. The first-order chi connectivity index (χ1) is 13.2. The molecule has 0 saturated heterocycles. The molecule has 7 heteroatoms. The SMILES string of the molecule is COc1ccccc1NC(=S)N/N=C\c1cccn1Cc1ccccc1F. The number of rotatable bonds is 6. The van der Waals surface area contributed by atoms with Crippen molar-refractivity contribution >= 4 is 29.2 Å². The van der Waals surface area contributed by atoms with E-state index in [1.807, 2.05) is 53.2 Å². The van der Waals surface area contributed by atoms with Crippen LogP contribution in [-0.4, -0.2) is 23.0 Å². The molecule has 0 radical (unpaired) electrons. The van der Waals surface area contributed by atoms with Crippen LogP contribution in [0, 0.1) is 5.82 Å². The van der Waals surface area contributed by atoms with Gasteiger partial charge < -0.3 is 14.6 Å². The second-order valence-electron chi connectivity index (χ2n) is 5.68. The Morgan fingerprint density at radius 3 is 2.74 bits per heavy atom. The van der Waals surface area contributed by atoms with E-state index in [2.05, 4.69) is 15.8 Å². The average molecular weight is 382 g/mol. The summed E-state index contributed by atoms with van der Waals surface area (Å²) < 4.78 is 21.0. The molecule has 3 rings (SSSR count). The van der Waals surface area contributed by atoms with Crippen LogP contribution >= 0.6 is 12.2 Å². The zero-order valence-electron chi connectivity index (χ0n) is 14.7. The fourth-order valence-corrected chi connectivity index (χ4v) is 2.72. The smallest absolute Gasteiger partial charge is 0.191 e. The van der Waals surface area contributed by atoms with Crippen molar-refractivity contribution in [3.8, 4) is 5.75 Å². The van der Waals surface area contributed by atoms with Crippen molar-refractivity contribution in [1.82, 2.24) is 9.99 Å². The van der Waals surface area contributed by atoms with Crippen molar-refractivity contribution in [3.05, 3.63) is 83.9 Å². The maximum Gasteiger partial charge on any atom is 0.191 e. The van der Waals surface area contributed by atoms with Gasteiger partial charge in [-0.2, -0.15) is 5.10 Å². The van der Waals surface area contributed by atoms with E-state index in [-0.39, 0.29) is 5.82 Å². The van der Waals surface area contributed by atoms with Crippen LogP contribution in [0.15, 0.2) is 72.0 Å². The summed E-state index contributed by atoms with van der Waals surface area (Å²) in [6.07, 6.45) is 3.51. The van der Waals surface area contributed by atoms with E-state index in [1.54, 1.807) is 25.5 Å². The van der Waals surface area contributed by atoms with Gasteiger partial charge in [0, 0.05) is 11.8 Å². The highest BCUT2D eigenvalue weighted by molar-refractivity contribution is 7.80. The normalized spacial score (nSPS) is 10.7. The Morgan fingerprint density at radius 1 is 1.15 bits per heavy atom. The number of nitrogens with one attached hydrogen (secondary N) is 2. The van der Waals surface area contributed by atoms with Crippen LogP contribution in [-0.2, 0) is 6.54 Å². The van der Waals surface area contributed by atoms with Gasteiger partial charge in [-0.1, -0.05) is 30.3 Å². The highest BCUT2D eigenvalue weighted by atomic mass is 32.1. The van der Waals surface area contributed by atoms with Crippen molar-refractivity contribution in [2.75, 3.05) is 12.4 Å². The Balaban J connectivity index is 1.61. The maximum absolute atomic E-state index is 13.8. The zero-order valence-corrected chi connectivity index (χ0v) is 15.5. The van der Waals surface area contributed by atoms with Gasteiger partial charge in [0.1, 0.15) is 11.6 Å². The summed E-state index contributed by atoms with van der Waals surface area (Å²) in [4.78, 5) is 0. The van der Waals surface area contributed by atoms with Gasteiger partial charge in [0.25, 0.3) is 0 Å². The molecule has 3 aromatic rings. The van der Waals surface area contributed by atoms with Crippen LogP contribution in [0.4, 0.5) is 10.1 Å². The van der Waals surface area contributed by atoms with E-state index >= 15 is 0 Å². The predicted octanol–water partition coefficient (Wildman–Crippen LogP) is 4.00. The highest BCUT2D eigenvalue weighted by Gasteiger charge is 2.05. The average Bonchev–Trinajstić information content (AvgIpc) is 3.11. The lowest BCUT2D eigenvalue weighted by molar-refractivity contribution is 0.417. The summed E-state index contributed by atoms with van der Waals surface area (Å²) in [5.74, 6) is 0.457. The monoisotopic (exact) mass is 382 g/mol. The summed E-state index contributed by atoms with van der Waals surface area (Å²) >= 11 is 5.25. The number of halogens is 1. The molecule has 0 aliphatic rings. The van der Waals surface area contributed by atoms with Crippen molar-refractivity contribution in [2.45, 2.75) is 6.54 Å². The van der Waals surface area contributed by atoms with Gasteiger partial charge in [0.15, 0.2) is 5.11 Å².